The van der Waals surface area contributed by atoms with Gasteiger partial charge in [-0.05, 0) is 29.7 Å². The zero-order valence-corrected chi connectivity index (χ0v) is 26.5. The molecular formula is C27H16N4Na2O7S. The van der Waals surface area contributed by atoms with Crippen molar-refractivity contribution in [3.63, 3.8) is 0 Å². The van der Waals surface area contributed by atoms with Gasteiger partial charge in [-0.3, -0.25) is 4.55 Å². The number of aromatic carboxylic acids is 1. The molecule has 5 aromatic rings. The van der Waals surface area contributed by atoms with Crippen LogP contribution in [-0.2, 0) is 10.1 Å². The van der Waals surface area contributed by atoms with Crippen LogP contribution >= 0.6 is 0 Å². The molecule has 0 bridgehead atoms. The Labute approximate surface area is 277 Å². The largest absolute Gasteiger partial charge is 1.00 e. The molecule has 0 saturated carbocycles. The van der Waals surface area contributed by atoms with E-state index in [2.05, 4.69) is 20.5 Å². The Morgan fingerprint density at radius 3 is 1.80 bits per heavy atom. The third-order valence-electron chi connectivity index (χ3n) is 5.84. The van der Waals surface area contributed by atoms with Crippen LogP contribution in [0.25, 0.3) is 21.5 Å². The van der Waals surface area contributed by atoms with Crippen molar-refractivity contribution in [3.8, 4) is 11.5 Å². The second-order valence-electron chi connectivity index (χ2n) is 8.28. The SMILES string of the molecule is O=C(O)c1cc(S(=O)(=O)O)cc(N=Nc2ccc(N=Nc3c([O-])ccc4ccccc34)c3ccccc23)c1[O-].[Na+].[Na+]. The van der Waals surface area contributed by atoms with Gasteiger partial charge in [0.15, 0.2) is 0 Å². The minimum atomic E-state index is -4.82. The first-order chi connectivity index (χ1) is 18.6. The Morgan fingerprint density at radius 2 is 1.22 bits per heavy atom. The molecule has 41 heavy (non-hydrogen) atoms. The first-order valence-corrected chi connectivity index (χ1v) is 12.7. The van der Waals surface area contributed by atoms with Gasteiger partial charge < -0.3 is 15.3 Å². The second-order valence-corrected chi connectivity index (χ2v) is 9.70. The molecule has 0 spiro atoms. The Morgan fingerprint density at radius 1 is 0.683 bits per heavy atom. The van der Waals surface area contributed by atoms with E-state index in [9.17, 15) is 33.1 Å². The fraction of sp³-hybridized carbons (Fsp3) is 0. The summed E-state index contributed by atoms with van der Waals surface area (Å²) in [6, 6.07) is 21.7. The number of carboxylic acid groups (broad SMARTS) is 1. The number of nitrogens with zero attached hydrogens (tertiary/aromatic N) is 4. The number of fused-ring (bicyclic) bond motifs is 2. The maximum absolute atomic E-state index is 12.5. The Kier molecular flexibility index (Phi) is 10.4. The molecule has 14 heteroatoms. The molecule has 0 saturated heterocycles. The smallest absolute Gasteiger partial charge is 0.871 e. The van der Waals surface area contributed by atoms with Crippen molar-refractivity contribution in [1.29, 1.82) is 0 Å². The zero-order valence-electron chi connectivity index (χ0n) is 21.7. The van der Waals surface area contributed by atoms with Gasteiger partial charge in [-0.2, -0.15) is 18.6 Å². The third-order valence-corrected chi connectivity index (χ3v) is 6.67. The number of carbonyl (C=O) groups is 1. The summed E-state index contributed by atoms with van der Waals surface area (Å²) >= 11 is 0. The summed E-state index contributed by atoms with van der Waals surface area (Å²) in [6.07, 6.45) is 0. The minimum absolute atomic E-state index is 0. The van der Waals surface area contributed by atoms with Crippen LogP contribution < -0.4 is 69.3 Å². The van der Waals surface area contributed by atoms with E-state index >= 15 is 0 Å². The molecule has 0 radical (unpaired) electrons. The van der Waals surface area contributed by atoms with Crippen molar-refractivity contribution in [3.05, 3.63) is 90.5 Å². The van der Waals surface area contributed by atoms with E-state index < -0.39 is 38.0 Å². The van der Waals surface area contributed by atoms with E-state index in [1.54, 1.807) is 48.5 Å². The van der Waals surface area contributed by atoms with Crippen molar-refractivity contribution >= 4 is 60.4 Å². The summed E-state index contributed by atoms with van der Waals surface area (Å²) in [4.78, 5) is 10.6. The summed E-state index contributed by atoms with van der Waals surface area (Å²) in [7, 11) is -4.82. The van der Waals surface area contributed by atoms with E-state index in [-0.39, 0.29) is 76.2 Å². The van der Waals surface area contributed by atoms with E-state index in [0.29, 0.717) is 27.9 Å². The van der Waals surface area contributed by atoms with Crippen molar-refractivity contribution in [2.75, 3.05) is 0 Å². The molecular weight excluding hydrogens is 570 g/mol. The predicted octanol–water partition coefficient (Wildman–Crippen LogP) is -0.0761. The van der Waals surface area contributed by atoms with Gasteiger partial charge in [-0.25, -0.2) is 4.79 Å². The van der Waals surface area contributed by atoms with Crippen LogP contribution in [0.2, 0.25) is 0 Å². The molecule has 0 aromatic heterocycles. The first-order valence-electron chi connectivity index (χ1n) is 11.2. The monoisotopic (exact) mass is 586 g/mol. The third kappa shape index (κ3) is 6.83. The van der Waals surface area contributed by atoms with Crippen LogP contribution in [0.15, 0.2) is 110 Å². The van der Waals surface area contributed by atoms with Crippen molar-refractivity contribution in [2.24, 2.45) is 20.5 Å². The molecule has 0 amide bonds. The van der Waals surface area contributed by atoms with Gasteiger partial charge in [0, 0.05) is 16.2 Å². The number of carboxylic acids is 1. The summed E-state index contributed by atoms with van der Waals surface area (Å²) in [6.45, 7) is 0. The van der Waals surface area contributed by atoms with Gasteiger partial charge in [0.2, 0.25) is 0 Å². The van der Waals surface area contributed by atoms with Gasteiger partial charge in [0.05, 0.1) is 33.2 Å². The van der Waals surface area contributed by atoms with Gasteiger partial charge in [0.25, 0.3) is 10.1 Å². The van der Waals surface area contributed by atoms with Gasteiger partial charge in [0.1, 0.15) is 0 Å². The molecule has 2 N–H and O–H groups in total. The molecule has 194 valence electrons. The van der Waals surface area contributed by atoms with Crippen LogP contribution in [0.1, 0.15) is 10.4 Å². The number of hydrogen-bond donors (Lipinski definition) is 2. The van der Waals surface area contributed by atoms with E-state index in [1.165, 1.54) is 12.1 Å². The summed E-state index contributed by atoms with van der Waals surface area (Å²) in [5.41, 5.74) is -0.604. The molecule has 0 heterocycles. The first kappa shape index (κ1) is 32.3. The average Bonchev–Trinajstić information content (AvgIpc) is 2.91. The molecule has 11 nitrogen and oxygen atoms in total. The molecule has 0 aliphatic rings. The Balaban J connectivity index is 0.00000231. The van der Waals surface area contributed by atoms with Crippen LogP contribution in [0.3, 0.4) is 0 Å². The molecule has 5 rings (SSSR count). The van der Waals surface area contributed by atoms with Crippen LogP contribution in [0, 0.1) is 0 Å². The molecule has 0 aliphatic heterocycles. The number of hydrogen-bond acceptors (Lipinski definition) is 9. The number of azo groups is 2. The van der Waals surface area contributed by atoms with E-state index in [4.69, 9.17) is 0 Å². The summed E-state index contributed by atoms with van der Waals surface area (Å²) in [5, 5.41) is 53.2. The molecule has 5 aromatic carbocycles. The molecule has 0 unspecified atom stereocenters. The van der Waals surface area contributed by atoms with Crippen LogP contribution in [0.5, 0.6) is 11.5 Å². The fourth-order valence-electron chi connectivity index (χ4n) is 3.96. The molecule has 0 atom stereocenters. The van der Waals surface area contributed by atoms with Gasteiger partial charge in [-0.1, -0.05) is 72.2 Å². The fourth-order valence-corrected chi connectivity index (χ4v) is 4.49. The summed E-state index contributed by atoms with van der Waals surface area (Å²) in [5.74, 6) is -3.04. The van der Waals surface area contributed by atoms with E-state index in [1.807, 2.05) is 12.1 Å². The van der Waals surface area contributed by atoms with Crippen molar-refractivity contribution < 1.29 is 92.2 Å². The number of rotatable bonds is 6. The van der Waals surface area contributed by atoms with Gasteiger partial charge >= 0.3 is 65.1 Å². The van der Waals surface area contributed by atoms with Crippen molar-refractivity contribution in [2.45, 2.75) is 4.90 Å². The summed E-state index contributed by atoms with van der Waals surface area (Å²) < 4.78 is 32.5. The quantitative estimate of drug-likeness (QED) is 0.158. The minimum Gasteiger partial charge on any atom is -0.871 e. The van der Waals surface area contributed by atoms with Gasteiger partial charge in [-0.15, -0.1) is 10.2 Å². The second kappa shape index (κ2) is 13.2. The maximum atomic E-state index is 12.5. The predicted molar refractivity (Wildman–Crippen MR) is 138 cm³/mol. The van der Waals surface area contributed by atoms with Crippen LogP contribution in [-0.4, -0.2) is 24.0 Å². The maximum Gasteiger partial charge on any atom is 1.00 e. The Bertz CT molecular complexity index is 1970. The zero-order chi connectivity index (χ0) is 27.7. The average molecular weight is 586 g/mol. The Hall–Kier alpha value is -3.20. The standard InChI is InChI=1S/C27H18N4O7S.2Na/c32-24-12-9-15-5-1-2-6-17(15)25(24)31-29-22-11-10-21(18-7-3-4-8-19(18)22)28-30-23-14-16(39(36,37)38)13-20(26(23)33)27(34)35;;/h1-14,32-33H,(H,34,35)(H,36,37,38);;/q;2*+1/p-2. The normalized spacial score (nSPS) is 11.5. The van der Waals surface area contributed by atoms with Crippen molar-refractivity contribution in [1.82, 2.24) is 0 Å². The number of benzene rings is 5. The topological polar surface area (TPSA) is 187 Å². The van der Waals surface area contributed by atoms with E-state index in [0.717, 1.165) is 11.5 Å². The molecule has 0 fully saturated rings. The van der Waals surface area contributed by atoms with Crippen LogP contribution in [0.4, 0.5) is 22.7 Å². The molecule has 0 aliphatic carbocycles.